The summed E-state index contributed by atoms with van der Waals surface area (Å²) in [5.41, 5.74) is 0.709. The Morgan fingerprint density at radius 3 is 2.59 bits per heavy atom. The normalized spacial score (nSPS) is 32.9. The average molecular weight is 394 g/mol. The molecule has 3 atom stereocenters. The molecule has 1 aromatic rings. The van der Waals surface area contributed by atoms with Gasteiger partial charge in [0.1, 0.15) is 28.3 Å². The van der Waals surface area contributed by atoms with E-state index in [1.165, 1.54) is 24.2 Å². The summed E-state index contributed by atoms with van der Waals surface area (Å²) in [6.07, 6.45) is 5.77. The van der Waals surface area contributed by atoms with Crippen molar-refractivity contribution in [3.8, 4) is 0 Å². The van der Waals surface area contributed by atoms with Gasteiger partial charge in [-0.3, -0.25) is 4.79 Å². The lowest BCUT2D eigenvalue weighted by atomic mass is 9.84. The molecular formula is C19H27N3O4S. The highest BCUT2D eigenvalue weighted by atomic mass is 32.2. The first-order chi connectivity index (χ1) is 12.7. The van der Waals surface area contributed by atoms with Crippen LogP contribution in [-0.2, 0) is 9.59 Å². The summed E-state index contributed by atoms with van der Waals surface area (Å²) in [6.45, 7) is 7.52. The zero-order valence-electron chi connectivity index (χ0n) is 16.2. The number of carbonyl (C=O) groups is 2. The Morgan fingerprint density at radius 2 is 1.96 bits per heavy atom. The van der Waals surface area contributed by atoms with E-state index in [4.69, 9.17) is 4.52 Å². The number of aromatic nitrogens is 1. The van der Waals surface area contributed by atoms with E-state index in [1.54, 1.807) is 11.8 Å². The van der Waals surface area contributed by atoms with Crippen molar-refractivity contribution < 1.29 is 19.2 Å². The fraction of sp³-hybridized carbons (Fsp3) is 0.737. The number of hydrogen-bond acceptors (Lipinski definition) is 6. The molecule has 2 aliphatic heterocycles. The number of β-lactam (4-membered cyclic amide) rings is 1. The van der Waals surface area contributed by atoms with Crippen LogP contribution in [0.1, 0.15) is 70.2 Å². The number of anilines is 1. The van der Waals surface area contributed by atoms with Crippen molar-refractivity contribution >= 4 is 29.3 Å². The minimum Gasteiger partial charge on any atom is -0.480 e. The lowest BCUT2D eigenvalue weighted by molar-refractivity contribution is -0.163. The Hall–Kier alpha value is -1.70. The van der Waals surface area contributed by atoms with Crippen molar-refractivity contribution in [3.05, 3.63) is 11.5 Å². The molecule has 0 spiro atoms. The summed E-state index contributed by atoms with van der Waals surface area (Å²) < 4.78 is 5.12. The maximum atomic E-state index is 13.0. The Bertz CT molecular complexity index is 786. The zero-order valence-corrected chi connectivity index (χ0v) is 17.1. The van der Waals surface area contributed by atoms with Crippen LogP contribution in [0.25, 0.3) is 0 Å². The second-order valence-corrected chi connectivity index (χ2v) is 10.4. The zero-order chi connectivity index (χ0) is 19.6. The van der Waals surface area contributed by atoms with Crippen LogP contribution < -0.4 is 5.32 Å². The van der Waals surface area contributed by atoms with Gasteiger partial charge in [-0.1, -0.05) is 24.4 Å². The van der Waals surface area contributed by atoms with Crippen LogP contribution in [0.5, 0.6) is 0 Å². The van der Waals surface area contributed by atoms with Crippen LogP contribution in [0.4, 0.5) is 5.69 Å². The molecule has 1 aromatic heterocycles. The molecule has 2 N–H and O–H groups in total. The smallest absolute Gasteiger partial charge is 0.327 e. The number of hydrogen-bond donors (Lipinski definition) is 2. The van der Waals surface area contributed by atoms with Gasteiger partial charge in [0.2, 0.25) is 0 Å². The van der Waals surface area contributed by atoms with Gasteiger partial charge in [0, 0.05) is 10.7 Å². The van der Waals surface area contributed by atoms with E-state index < -0.39 is 22.3 Å². The molecule has 8 heteroatoms. The molecule has 0 aromatic carbocycles. The fourth-order valence-corrected chi connectivity index (χ4v) is 6.43. The maximum Gasteiger partial charge on any atom is 0.327 e. The number of carboxylic acids is 1. The third-order valence-corrected chi connectivity index (χ3v) is 8.01. The number of fused-ring (bicyclic) bond motifs is 1. The van der Waals surface area contributed by atoms with Crippen LogP contribution in [0, 0.1) is 6.92 Å². The molecule has 1 saturated carbocycles. The van der Waals surface area contributed by atoms with Crippen molar-refractivity contribution in [1.29, 1.82) is 0 Å². The van der Waals surface area contributed by atoms with Crippen LogP contribution in [0.15, 0.2) is 4.52 Å². The number of nitrogens with zero attached hydrogens (tertiary/aromatic N) is 2. The van der Waals surface area contributed by atoms with Crippen LogP contribution >= 0.6 is 11.8 Å². The van der Waals surface area contributed by atoms with Gasteiger partial charge in [0.05, 0.1) is 0 Å². The van der Waals surface area contributed by atoms with E-state index in [1.807, 2.05) is 27.7 Å². The second kappa shape index (κ2) is 6.15. The first kappa shape index (κ1) is 18.7. The van der Waals surface area contributed by atoms with Crippen LogP contribution in [0.2, 0.25) is 0 Å². The lowest BCUT2D eigenvalue weighted by Gasteiger charge is -2.51. The third kappa shape index (κ3) is 2.67. The van der Waals surface area contributed by atoms with Gasteiger partial charge in [-0.2, -0.15) is 0 Å². The van der Waals surface area contributed by atoms with Crippen molar-refractivity contribution in [3.63, 3.8) is 0 Å². The molecule has 3 fully saturated rings. The van der Waals surface area contributed by atoms with Gasteiger partial charge in [-0.25, -0.2) is 4.79 Å². The molecule has 27 heavy (non-hydrogen) atoms. The largest absolute Gasteiger partial charge is 0.480 e. The molecule has 1 amide bonds. The minimum absolute atomic E-state index is 0.173. The Labute approximate surface area is 163 Å². The van der Waals surface area contributed by atoms with E-state index in [9.17, 15) is 14.7 Å². The highest BCUT2D eigenvalue weighted by Crippen LogP contribution is 2.56. The summed E-state index contributed by atoms with van der Waals surface area (Å²) in [5.74, 6) is 0.0520. The minimum atomic E-state index is -0.950. The number of carboxylic acid groups (broad SMARTS) is 1. The van der Waals surface area contributed by atoms with Crippen molar-refractivity contribution in [1.82, 2.24) is 10.1 Å². The standard InChI is InChI=1S/C19H27N3O4S/c1-10-12(13(26-21-10)11-8-6-5-7-9-11)20-19(4)16(25)22-14(15(23)24)18(2,3)27-17(19)22/h11,14,17,20H,5-9H2,1-4H3,(H,23,24)/t14-,17+,19-/m0/s1. The topological polar surface area (TPSA) is 95.7 Å². The van der Waals surface area contributed by atoms with E-state index in [-0.39, 0.29) is 11.3 Å². The fourth-order valence-electron chi connectivity index (χ4n) is 4.78. The van der Waals surface area contributed by atoms with Crippen molar-refractivity contribution in [2.24, 2.45) is 0 Å². The Kier molecular flexibility index (Phi) is 4.25. The molecule has 0 bridgehead atoms. The molecule has 4 rings (SSSR count). The number of rotatable bonds is 4. The van der Waals surface area contributed by atoms with E-state index >= 15 is 0 Å². The summed E-state index contributed by atoms with van der Waals surface area (Å²) in [5, 5.41) is 17.0. The number of amides is 1. The maximum absolute atomic E-state index is 13.0. The third-order valence-electron chi connectivity index (χ3n) is 6.26. The van der Waals surface area contributed by atoms with Gasteiger partial charge in [0.25, 0.3) is 5.91 Å². The average Bonchev–Trinajstić information content (AvgIpc) is 3.11. The van der Waals surface area contributed by atoms with Gasteiger partial charge in [0.15, 0.2) is 5.76 Å². The van der Waals surface area contributed by atoms with Gasteiger partial charge < -0.3 is 19.8 Å². The predicted octanol–water partition coefficient (Wildman–Crippen LogP) is 3.35. The quantitative estimate of drug-likeness (QED) is 0.757. The van der Waals surface area contributed by atoms with Gasteiger partial charge >= 0.3 is 5.97 Å². The van der Waals surface area contributed by atoms with E-state index in [2.05, 4.69) is 10.5 Å². The molecule has 0 unspecified atom stereocenters. The summed E-state index contributed by atoms with van der Waals surface area (Å²) in [4.78, 5) is 26.3. The van der Waals surface area contributed by atoms with Gasteiger partial charge in [-0.15, -0.1) is 11.8 Å². The highest BCUT2D eigenvalue weighted by molar-refractivity contribution is 8.01. The number of aryl methyl sites for hydroxylation is 1. The SMILES string of the molecule is Cc1noc(C2CCCCC2)c1N[C@@]1(C)C(=O)N2[C@@H](C(=O)O)C(C)(C)S[C@@H]21. The second-order valence-electron chi connectivity index (χ2n) is 8.70. The van der Waals surface area contributed by atoms with Crippen molar-refractivity contribution in [2.75, 3.05) is 5.32 Å². The van der Waals surface area contributed by atoms with Crippen molar-refractivity contribution in [2.45, 2.75) is 87.4 Å². The van der Waals surface area contributed by atoms with Crippen LogP contribution in [-0.4, -0.2) is 48.7 Å². The number of thioether (sulfide) groups is 1. The monoisotopic (exact) mass is 393 g/mol. The lowest BCUT2D eigenvalue weighted by Crippen LogP contribution is -2.75. The molecule has 3 aliphatic rings. The molecule has 3 heterocycles. The molecule has 0 radical (unpaired) electrons. The number of aliphatic carboxylic acids is 1. The summed E-state index contributed by atoms with van der Waals surface area (Å²) in [7, 11) is 0. The molecule has 1 aliphatic carbocycles. The predicted molar refractivity (Wildman–Crippen MR) is 103 cm³/mol. The highest BCUT2D eigenvalue weighted by Gasteiger charge is 2.69. The number of carbonyl (C=O) groups excluding carboxylic acids is 1. The first-order valence-electron chi connectivity index (χ1n) is 9.64. The molecule has 2 saturated heterocycles. The molecule has 148 valence electrons. The molecule has 7 nitrogen and oxygen atoms in total. The van der Waals surface area contributed by atoms with Gasteiger partial charge in [-0.05, 0) is 40.5 Å². The summed E-state index contributed by atoms with van der Waals surface area (Å²) >= 11 is 1.54. The van der Waals surface area contributed by atoms with E-state index in [0.717, 1.165) is 30.0 Å². The number of nitrogens with one attached hydrogen (secondary N) is 1. The van der Waals surface area contributed by atoms with Crippen LogP contribution in [0.3, 0.4) is 0 Å². The Morgan fingerprint density at radius 1 is 1.30 bits per heavy atom. The first-order valence-corrected chi connectivity index (χ1v) is 10.5. The van der Waals surface area contributed by atoms with E-state index in [0.29, 0.717) is 5.92 Å². The summed E-state index contributed by atoms with van der Waals surface area (Å²) in [6, 6.07) is -0.809. The molecular weight excluding hydrogens is 366 g/mol. The Balaban J connectivity index is 1.62.